The third-order valence-electron chi connectivity index (χ3n) is 4.61. The van der Waals surface area contributed by atoms with Gasteiger partial charge in [0.1, 0.15) is 0 Å². The Bertz CT molecular complexity index is 960. The number of fused-ring (bicyclic) bond motifs is 1. The SMILES string of the molecule is COC(=O)c1cc(C)ccc1S(=O)(=O)NC1CCCc2cc(N)ccc21.Cl. The van der Waals surface area contributed by atoms with Crippen molar-refractivity contribution in [3.8, 4) is 0 Å². The second kappa shape index (κ2) is 8.29. The minimum Gasteiger partial charge on any atom is -0.465 e. The zero-order valence-electron chi connectivity index (χ0n) is 15.2. The Morgan fingerprint density at radius 1 is 1.22 bits per heavy atom. The molecule has 2 aromatic carbocycles. The van der Waals surface area contributed by atoms with Gasteiger partial charge in [-0.2, -0.15) is 0 Å². The maximum atomic E-state index is 13.0. The number of sulfonamides is 1. The van der Waals surface area contributed by atoms with Crippen LogP contribution in [0.15, 0.2) is 41.3 Å². The predicted octanol–water partition coefficient (Wildman–Crippen LogP) is 3.14. The van der Waals surface area contributed by atoms with E-state index in [1.807, 2.05) is 12.1 Å². The van der Waals surface area contributed by atoms with Gasteiger partial charge in [0.15, 0.2) is 0 Å². The van der Waals surface area contributed by atoms with Gasteiger partial charge in [0.05, 0.1) is 17.6 Å². The third-order valence-corrected chi connectivity index (χ3v) is 6.14. The molecular weight excluding hydrogens is 388 g/mol. The molecule has 3 rings (SSSR count). The minimum absolute atomic E-state index is 0. The number of hydrogen-bond acceptors (Lipinski definition) is 5. The maximum absolute atomic E-state index is 13.0. The first-order valence-electron chi connectivity index (χ1n) is 8.41. The van der Waals surface area contributed by atoms with Gasteiger partial charge in [-0.3, -0.25) is 0 Å². The number of carbonyl (C=O) groups excluding carboxylic acids is 1. The smallest absolute Gasteiger partial charge is 0.339 e. The topological polar surface area (TPSA) is 98.5 Å². The lowest BCUT2D eigenvalue weighted by atomic mass is 9.88. The lowest BCUT2D eigenvalue weighted by Gasteiger charge is -2.26. The van der Waals surface area contributed by atoms with Gasteiger partial charge in [0.2, 0.25) is 10.0 Å². The number of carbonyl (C=O) groups is 1. The molecule has 0 radical (unpaired) electrons. The van der Waals surface area contributed by atoms with E-state index < -0.39 is 16.0 Å². The van der Waals surface area contributed by atoms with E-state index in [-0.39, 0.29) is 28.9 Å². The molecule has 0 saturated heterocycles. The minimum atomic E-state index is -3.90. The van der Waals surface area contributed by atoms with Crippen LogP contribution in [-0.2, 0) is 21.2 Å². The Kier molecular flexibility index (Phi) is 6.51. The Labute approximate surface area is 165 Å². The molecule has 1 aliphatic carbocycles. The molecule has 2 aromatic rings. The third kappa shape index (κ3) is 4.43. The number of nitrogens with two attached hydrogens (primary N) is 1. The van der Waals surface area contributed by atoms with E-state index in [9.17, 15) is 13.2 Å². The molecule has 27 heavy (non-hydrogen) atoms. The fraction of sp³-hybridized carbons (Fsp3) is 0.316. The van der Waals surface area contributed by atoms with Crippen molar-refractivity contribution in [2.24, 2.45) is 0 Å². The average Bonchev–Trinajstić information content (AvgIpc) is 2.60. The number of halogens is 1. The number of esters is 1. The summed E-state index contributed by atoms with van der Waals surface area (Å²) in [6.45, 7) is 1.79. The number of anilines is 1. The molecule has 1 aliphatic rings. The van der Waals surface area contributed by atoms with E-state index in [0.717, 1.165) is 29.5 Å². The highest BCUT2D eigenvalue weighted by Gasteiger charge is 2.29. The highest BCUT2D eigenvalue weighted by Crippen LogP contribution is 2.32. The summed E-state index contributed by atoms with van der Waals surface area (Å²) in [7, 11) is -2.66. The molecule has 0 bridgehead atoms. The number of rotatable bonds is 4. The van der Waals surface area contributed by atoms with E-state index in [2.05, 4.69) is 4.72 Å². The van der Waals surface area contributed by atoms with Gasteiger partial charge < -0.3 is 10.5 Å². The van der Waals surface area contributed by atoms with Gasteiger partial charge >= 0.3 is 5.97 Å². The predicted molar refractivity (Wildman–Crippen MR) is 107 cm³/mol. The van der Waals surface area contributed by atoms with Crippen LogP contribution in [0.3, 0.4) is 0 Å². The monoisotopic (exact) mass is 410 g/mol. The number of methoxy groups -OCH3 is 1. The van der Waals surface area contributed by atoms with E-state index >= 15 is 0 Å². The molecule has 8 heteroatoms. The van der Waals surface area contributed by atoms with Crippen LogP contribution in [0.5, 0.6) is 0 Å². The van der Waals surface area contributed by atoms with Crippen LogP contribution in [0.2, 0.25) is 0 Å². The Morgan fingerprint density at radius 2 is 1.96 bits per heavy atom. The fourth-order valence-electron chi connectivity index (χ4n) is 3.36. The Hall–Kier alpha value is -2.09. The van der Waals surface area contributed by atoms with Crippen LogP contribution in [-0.4, -0.2) is 21.5 Å². The summed E-state index contributed by atoms with van der Waals surface area (Å²) in [5.41, 5.74) is 9.31. The van der Waals surface area contributed by atoms with Crippen molar-refractivity contribution in [1.82, 2.24) is 4.72 Å². The average molecular weight is 411 g/mol. The van der Waals surface area contributed by atoms with E-state index in [0.29, 0.717) is 12.1 Å². The van der Waals surface area contributed by atoms with Crippen LogP contribution >= 0.6 is 12.4 Å². The number of ether oxygens (including phenoxy) is 1. The zero-order chi connectivity index (χ0) is 18.9. The highest BCUT2D eigenvalue weighted by molar-refractivity contribution is 7.89. The molecule has 146 valence electrons. The second-order valence-corrected chi connectivity index (χ2v) is 8.20. The maximum Gasteiger partial charge on any atom is 0.339 e. The summed E-state index contributed by atoms with van der Waals surface area (Å²) < 4.78 is 33.5. The van der Waals surface area contributed by atoms with Crippen LogP contribution in [0.4, 0.5) is 5.69 Å². The standard InChI is InChI=1S/C19H22N2O4S.ClH/c1-12-6-9-18(16(10-12)19(22)25-2)26(23,24)21-17-5-3-4-13-11-14(20)7-8-15(13)17;/h6-11,17,21H,3-5,20H2,1-2H3;1H. The fourth-order valence-corrected chi connectivity index (χ4v) is 4.78. The van der Waals surface area contributed by atoms with Gasteiger partial charge in [0, 0.05) is 11.7 Å². The number of hydrogen-bond donors (Lipinski definition) is 2. The molecule has 0 saturated carbocycles. The first-order valence-corrected chi connectivity index (χ1v) is 9.90. The normalized spacial score (nSPS) is 16.1. The lowest BCUT2D eigenvalue weighted by Crippen LogP contribution is -2.32. The largest absolute Gasteiger partial charge is 0.465 e. The second-order valence-electron chi connectivity index (χ2n) is 6.52. The van der Waals surface area contributed by atoms with Crippen LogP contribution < -0.4 is 10.5 Å². The van der Waals surface area contributed by atoms with Crippen LogP contribution in [0.1, 0.15) is 45.9 Å². The zero-order valence-corrected chi connectivity index (χ0v) is 16.8. The van der Waals surface area contributed by atoms with Gasteiger partial charge in [-0.1, -0.05) is 17.7 Å². The van der Waals surface area contributed by atoms with E-state index in [1.54, 1.807) is 19.1 Å². The van der Waals surface area contributed by atoms with Crippen molar-refractivity contribution in [3.63, 3.8) is 0 Å². The van der Waals surface area contributed by atoms with Crippen molar-refractivity contribution in [2.45, 2.75) is 37.1 Å². The Morgan fingerprint density at radius 3 is 2.67 bits per heavy atom. The lowest BCUT2D eigenvalue weighted by molar-refractivity contribution is 0.0596. The summed E-state index contributed by atoms with van der Waals surface area (Å²) in [4.78, 5) is 12.0. The van der Waals surface area contributed by atoms with Crippen LogP contribution in [0.25, 0.3) is 0 Å². The van der Waals surface area contributed by atoms with Gasteiger partial charge in [-0.15, -0.1) is 12.4 Å². The number of benzene rings is 2. The van der Waals surface area contributed by atoms with Crippen molar-refractivity contribution in [3.05, 3.63) is 58.7 Å². The van der Waals surface area contributed by atoms with Gasteiger partial charge in [-0.05, 0) is 61.6 Å². The van der Waals surface area contributed by atoms with Crippen molar-refractivity contribution >= 4 is 34.1 Å². The van der Waals surface area contributed by atoms with Crippen molar-refractivity contribution < 1.29 is 17.9 Å². The van der Waals surface area contributed by atoms with Crippen molar-refractivity contribution in [1.29, 1.82) is 0 Å². The molecular formula is C19H23ClN2O4S. The summed E-state index contributed by atoms with van der Waals surface area (Å²) in [5, 5.41) is 0. The molecule has 0 heterocycles. The van der Waals surface area contributed by atoms with Crippen LogP contribution in [0, 0.1) is 6.92 Å². The molecule has 0 amide bonds. The summed E-state index contributed by atoms with van der Waals surface area (Å²) in [6.07, 6.45) is 2.42. The summed E-state index contributed by atoms with van der Waals surface area (Å²) in [6, 6.07) is 9.81. The molecule has 0 spiro atoms. The number of nitrogen functional groups attached to an aromatic ring is 1. The molecule has 0 fully saturated rings. The Balaban J connectivity index is 0.00000261. The number of aryl methyl sites for hydroxylation is 2. The van der Waals surface area contributed by atoms with Gasteiger partial charge in [0.25, 0.3) is 0 Å². The molecule has 0 aliphatic heterocycles. The molecule has 3 N–H and O–H groups in total. The quantitative estimate of drug-likeness (QED) is 0.596. The molecule has 6 nitrogen and oxygen atoms in total. The molecule has 1 atom stereocenters. The first-order chi connectivity index (χ1) is 12.3. The molecule has 1 unspecified atom stereocenters. The highest BCUT2D eigenvalue weighted by atomic mass is 35.5. The summed E-state index contributed by atoms with van der Waals surface area (Å²) in [5.74, 6) is -0.675. The molecule has 0 aromatic heterocycles. The first kappa shape index (κ1) is 21.2. The van der Waals surface area contributed by atoms with Crippen molar-refractivity contribution in [2.75, 3.05) is 12.8 Å². The number of nitrogens with one attached hydrogen (secondary N) is 1. The van der Waals surface area contributed by atoms with E-state index in [4.69, 9.17) is 10.5 Å². The van der Waals surface area contributed by atoms with Gasteiger partial charge in [-0.25, -0.2) is 17.9 Å². The summed E-state index contributed by atoms with van der Waals surface area (Å²) >= 11 is 0. The van der Waals surface area contributed by atoms with E-state index in [1.165, 1.54) is 19.2 Å².